The van der Waals surface area contributed by atoms with E-state index in [0.29, 0.717) is 17.2 Å². The summed E-state index contributed by atoms with van der Waals surface area (Å²) in [6.45, 7) is 2.53. The Morgan fingerprint density at radius 2 is 1.85 bits per heavy atom. The number of fused-ring (bicyclic) bond motifs is 1. The molecule has 2 aromatic carbocycles. The monoisotopic (exact) mass is 476 g/mol. The fourth-order valence-electron chi connectivity index (χ4n) is 3.97. The molecule has 5 rings (SSSR count). The Hall–Kier alpha value is -3.50. The summed E-state index contributed by atoms with van der Waals surface area (Å²) in [5, 5.41) is 15.4. The van der Waals surface area contributed by atoms with E-state index in [1.54, 1.807) is 11.8 Å². The van der Waals surface area contributed by atoms with Crippen LogP contribution in [0.5, 0.6) is 0 Å². The van der Waals surface area contributed by atoms with Gasteiger partial charge >= 0.3 is 5.97 Å². The van der Waals surface area contributed by atoms with Gasteiger partial charge in [0, 0.05) is 10.4 Å². The lowest BCUT2D eigenvalue weighted by molar-refractivity contribution is 0.0608. The van der Waals surface area contributed by atoms with Crippen molar-refractivity contribution in [2.45, 2.75) is 18.6 Å². The van der Waals surface area contributed by atoms with E-state index in [0.717, 1.165) is 43.3 Å². The highest BCUT2D eigenvalue weighted by Gasteiger charge is 2.24. The number of tetrazole rings is 1. The van der Waals surface area contributed by atoms with Crippen LogP contribution in [0.4, 0.5) is 0 Å². The van der Waals surface area contributed by atoms with Crippen molar-refractivity contribution in [3.8, 4) is 22.5 Å². The highest BCUT2D eigenvalue weighted by Crippen LogP contribution is 2.37. The molecule has 1 N–H and O–H groups in total. The molecule has 0 bridgehead atoms. The third-order valence-electron chi connectivity index (χ3n) is 5.44. The molecule has 0 unspecified atom stereocenters. The Morgan fingerprint density at radius 1 is 1.12 bits per heavy atom. The number of carbonyl (C=O) groups is 1. The molecule has 0 saturated heterocycles. The van der Waals surface area contributed by atoms with E-state index in [1.807, 2.05) is 43.5 Å². The zero-order valence-electron chi connectivity index (χ0n) is 18.2. The summed E-state index contributed by atoms with van der Waals surface area (Å²) in [4.78, 5) is 18.9. The molecule has 0 spiro atoms. The minimum Gasteiger partial charge on any atom is -0.465 e. The molecule has 33 heavy (non-hydrogen) atoms. The van der Waals surface area contributed by atoms with Crippen molar-refractivity contribution in [2.24, 2.45) is 0 Å². The van der Waals surface area contributed by atoms with E-state index >= 15 is 0 Å². The predicted molar refractivity (Wildman–Crippen MR) is 130 cm³/mol. The van der Waals surface area contributed by atoms with E-state index in [-0.39, 0.29) is 5.97 Å². The number of nitrogens with zero attached hydrogens (tertiary/aromatic N) is 5. The predicted octanol–water partition coefficient (Wildman–Crippen LogP) is 4.81. The molecule has 0 atom stereocenters. The molecule has 0 saturated carbocycles. The molecular formula is C23H20N6O2S2. The third-order valence-corrected chi connectivity index (χ3v) is 7.18. The Bertz CT molecular complexity index is 1460. The maximum atomic E-state index is 12.5. The van der Waals surface area contributed by atoms with Crippen LogP contribution in [-0.4, -0.2) is 49.5 Å². The van der Waals surface area contributed by atoms with Crippen molar-refractivity contribution >= 4 is 40.1 Å². The van der Waals surface area contributed by atoms with Crippen molar-refractivity contribution in [1.82, 2.24) is 30.2 Å². The fraction of sp³-hybridized carbons (Fsp3) is 0.174. The molecule has 10 heteroatoms. The van der Waals surface area contributed by atoms with Crippen LogP contribution < -0.4 is 0 Å². The summed E-state index contributed by atoms with van der Waals surface area (Å²) in [6, 6.07) is 16.2. The number of aryl methyl sites for hydroxylation is 1. The first-order valence-electron chi connectivity index (χ1n) is 10.2. The lowest BCUT2D eigenvalue weighted by Gasteiger charge is -2.15. The minimum atomic E-state index is -0.345. The number of imidazole rings is 1. The summed E-state index contributed by atoms with van der Waals surface area (Å²) >= 11 is 2.97. The molecule has 0 radical (unpaired) electrons. The molecular weight excluding hydrogens is 456 g/mol. The second-order valence-corrected chi connectivity index (χ2v) is 9.30. The number of methoxy groups -OCH3 is 1. The van der Waals surface area contributed by atoms with Crippen LogP contribution in [0.25, 0.3) is 33.5 Å². The zero-order chi connectivity index (χ0) is 22.9. The summed E-state index contributed by atoms with van der Waals surface area (Å²) in [5.41, 5.74) is 5.69. The lowest BCUT2D eigenvalue weighted by atomic mass is 9.95. The molecule has 0 fully saturated rings. The number of benzene rings is 2. The van der Waals surface area contributed by atoms with Gasteiger partial charge in [-0.05, 0) is 35.1 Å². The van der Waals surface area contributed by atoms with Gasteiger partial charge in [-0.25, -0.2) is 9.78 Å². The lowest BCUT2D eigenvalue weighted by Crippen LogP contribution is -2.06. The van der Waals surface area contributed by atoms with Gasteiger partial charge < -0.3 is 9.30 Å². The fourth-order valence-corrected chi connectivity index (χ4v) is 5.55. The van der Waals surface area contributed by atoms with E-state index < -0.39 is 0 Å². The number of carbonyl (C=O) groups excluding carboxylic acids is 1. The van der Waals surface area contributed by atoms with Crippen molar-refractivity contribution < 1.29 is 9.53 Å². The van der Waals surface area contributed by atoms with Crippen molar-refractivity contribution in [3.63, 3.8) is 0 Å². The average Bonchev–Trinajstić information content (AvgIpc) is 3.57. The van der Waals surface area contributed by atoms with Crippen LogP contribution in [0, 0.1) is 6.92 Å². The SMILES string of the molecule is COC(=O)c1sc(C)c2nc(SC)n(Cc3ccccc3-c3ccccc3-c3nn[nH]n3)c12. The number of hydrogen-bond acceptors (Lipinski definition) is 8. The molecule has 0 aliphatic carbocycles. The second kappa shape index (κ2) is 8.80. The molecule has 5 aromatic rings. The van der Waals surface area contributed by atoms with Crippen LogP contribution in [0.2, 0.25) is 0 Å². The summed E-state index contributed by atoms with van der Waals surface area (Å²) in [6.07, 6.45) is 1.99. The highest BCUT2D eigenvalue weighted by atomic mass is 32.2. The molecule has 3 aromatic heterocycles. The first kappa shape index (κ1) is 21.4. The van der Waals surface area contributed by atoms with E-state index in [4.69, 9.17) is 9.72 Å². The van der Waals surface area contributed by atoms with E-state index in [1.165, 1.54) is 18.4 Å². The van der Waals surface area contributed by atoms with Crippen molar-refractivity contribution in [1.29, 1.82) is 0 Å². The minimum absolute atomic E-state index is 0.345. The van der Waals surface area contributed by atoms with Gasteiger partial charge in [0.2, 0.25) is 5.82 Å². The van der Waals surface area contributed by atoms with Gasteiger partial charge in [0.15, 0.2) is 5.16 Å². The zero-order valence-corrected chi connectivity index (χ0v) is 19.8. The topological polar surface area (TPSA) is 98.6 Å². The third kappa shape index (κ3) is 3.70. The number of thiophene rings is 1. The molecule has 0 amide bonds. The van der Waals surface area contributed by atoms with Gasteiger partial charge in [0.05, 0.1) is 19.2 Å². The highest BCUT2D eigenvalue weighted by molar-refractivity contribution is 7.98. The standard InChI is InChI=1S/C23H20N6O2S2/c1-13-18-19(20(33-13)22(30)31-2)29(23(24-18)32-3)12-14-8-4-5-9-15(14)16-10-6-7-11-17(16)21-25-27-28-26-21/h4-11H,12H2,1-3H3,(H,25,26,27,28). The number of hydrogen-bond donors (Lipinski definition) is 1. The number of thioether (sulfide) groups is 1. The second-order valence-electron chi connectivity index (χ2n) is 7.30. The summed E-state index contributed by atoms with van der Waals surface area (Å²) < 4.78 is 7.16. The Labute approximate surface area is 198 Å². The smallest absolute Gasteiger partial charge is 0.350 e. The van der Waals surface area contributed by atoms with Gasteiger partial charge in [0.1, 0.15) is 10.4 Å². The molecule has 166 valence electrons. The van der Waals surface area contributed by atoms with Crippen LogP contribution in [0.1, 0.15) is 20.1 Å². The Kier molecular flexibility index (Phi) is 5.69. The van der Waals surface area contributed by atoms with Crippen LogP contribution >= 0.6 is 23.1 Å². The number of ether oxygens (including phenoxy) is 1. The summed E-state index contributed by atoms with van der Waals surface area (Å²) in [7, 11) is 1.41. The van der Waals surface area contributed by atoms with Gasteiger partial charge in [-0.2, -0.15) is 5.21 Å². The number of nitrogens with one attached hydrogen (secondary N) is 1. The van der Waals surface area contributed by atoms with E-state index in [2.05, 4.69) is 43.4 Å². The number of esters is 1. The number of rotatable bonds is 6. The maximum absolute atomic E-state index is 12.5. The van der Waals surface area contributed by atoms with Crippen molar-refractivity contribution in [3.05, 3.63) is 63.8 Å². The van der Waals surface area contributed by atoms with Gasteiger partial charge in [-0.15, -0.1) is 21.5 Å². The Balaban J connectivity index is 1.68. The van der Waals surface area contributed by atoms with Gasteiger partial charge in [-0.1, -0.05) is 60.3 Å². The normalized spacial score (nSPS) is 11.2. The molecule has 8 nitrogen and oxygen atoms in total. The quantitative estimate of drug-likeness (QED) is 0.277. The van der Waals surface area contributed by atoms with Crippen molar-refractivity contribution in [2.75, 3.05) is 13.4 Å². The number of H-pyrrole nitrogens is 1. The molecule has 0 aliphatic heterocycles. The first-order valence-corrected chi connectivity index (χ1v) is 12.2. The van der Waals surface area contributed by atoms with Gasteiger partial charge in [0.25, 0.3) is 0 Å². The average molecular weight is 477 g/mol. The molecule has 3 heterocycles. The largest absolute Gasteiger partial charge is 0.465 e. The van der Waals surface area contributed by atoms with Crippen LogP contribution in [0.15, 0.2) is 53.7 Å². The summed E-state index contributed by atoms with van der Waals surface area (Å²) in [5.74, 6) is 0.194. The first-order chi connectivity index (χ1) is 16.1. The molecule has 0 aliphatic rings. The van der Waals surface area contributed by atoms with Crippen LogP contribution in [0.3, 0.4) is 0 Å². The van der Waals surface area contributed by atoms with Crippen LogP contribution in [-0.2, 0) is 11.3 Å². The maximum Gasteiger partial charge on any atom is 0.350 e. The number of aromatic amines is 1. The Morgan fingerprint density at radius 3 is 2.55 bits per heavy atom. The van der Waals surface area contributed by atoms with E-state index in [9.17, 15) is 4.79 Å². The number of aromatic nitrogens is 6. The van der Waals surface area contributed by atoms with Gasteiger partial charge in [-0.3, -0.25) is 0 Å².